The lowest BCUT2D eigenvalue weighted by Gasteiger charge is -2.35. The first-order valence-corrected chi connectivity index (χ1v) is 7.21. The molecule has 0 spiro atoms. The highest BCUT2D eigenvalue weighted by atomic mass is 16.6. The second-order valence-corrected chi connectivity index (χ2v) is 6.46. The molecule has 4 nitrogen and oxygen atoms in total. The Morgan fingerprint density at radius 2 is 2.05 bits per heavy atom. The molecule has 0 aliphatic carbocycles. The summed E-state index contributed by atoms with van der Waals surface area (Å²) in [6.45, 7) is 9.36. The van der Waals surface area contributed by atoms with Crippen molar-refractivity contribution in [3.05, 3.63) is 41.6 Å². The highest BCUT2D eigenvalue weighted by Crippen LogP contribution is 2.39. The number of nitrogens with zero attached hydrogens (tertiary/aromatic N) is 1. The zero-order valence-electron chi connectivity index (χ0n) is 13.3. The second-order valence-electron chi connectivity index (χ2n) is 6.46. The molecule has 1 aliphatic rings. The van der Waals surface area contributed by atoms with Gasteiger partial charge < -0.3 is 9.84 Å². The van der Waals surface area contributed by atoms with Crippen LogP contribution < -0.4 is 4.90 Å². The standard InChI is InChI=1S/C17H23NO3/c1-6-17(20)9-10-18(15(19)21-16(3,4)5)14-11-12(2)7-8-13(14)17/h7-11,20H,6H2,1-5H3. The lowest BCUT2D eigenvalue weighted by molar-refractivity contribution is 0.0580. The molecule has 1 amide bonds. The molecule has 1 aliphatic heterocycles. The largest absolute Gasteiger partial charge is 0.443 e. The molecule has 21 heavy (non-hydrogen) atoms. The van der Waals surface area contributed by atoms with Gasteiger partial charge in [0.05, 0.1) is 5.69 Å². The molecule has 114 valence electrons. The van der Waals surface area contributed by atoms with E-state index in [0.29, 0.717) is 12.1 Å². The van der Waals surface area contributed by atoms with E-state index in [2.05, 4.69) is 0 Å². The molecule has 2 rings (SSSR count). The second kappa shape index (κ2) is 5.19. The molecule has 1 aromatic rings. The molecular weight excluding hydrogens is 266 g/mol. The van der Waals surface area contributed by atoms with Crippen LogP contribution in [0.1, 0.15) is 45.2 Å². The zero-order chi connectivity index (χ0) is 15.8. The van der Waals surface area contributed by atoms with Crippen molar-refractivity contribution in [1.82, 2.24) is 0 Å². The minimum atomic E-state index is -1.04. The van der Waals surface area contributed by atoms with E-state index in [-0.39, 0.29) is 0 Å². The van der Waals surface area contributed by atoms with Crippen molar-refractivity contribution in [2.45, 2.75) is 52.2 Å². The predicted octanol–water partition coefficient (Wildman–Crippen LogP) is 3.86. The van der Waals surface area contributed by atoms with Crippen LogP contribution in [-0.2, 0) is 10.3 Å². The monoisotopic (exact) mass is 289 g/mol. The number of rotatable bonds is 1. The van der Waals surface area contributed by atoms with Crippen molar-refractivity contribution in [2.24, 2.45) is 0 Å². The first-order chi connectivity index (χ1) is 9.66. The maximum atomic E-state index is 12.4. The predicted molar refractivity (Wildman–Crippen MR) is 83.2 cm³/mol. The van der Waals surface area contributed by atoms with Crippen LogP contribution in [0.4, 0.5) is 10.5 Å². The topological polar surface area (TPSA) is 49.8 Å². The Bertz CT molecular complexity index is 586. The maximum absolute atomic E-state index is 12.4. The van der Waals surface area contributed by atoms with E-state index >= 15 is 0 Å². The Hall–Kier alpha value is -1.81. The SMILES string of the molecule is CCC1(O)C=CN(C(=O)OC(C)(C)C)c2cc(C)ccc21. The Labute approximate surface area is 126 Å². The fourth-order valence-electron chi connectivity index (χ4n) is 2.35. The lowest BCUT2D eigenvalue weighted by Crippen LogP contribution is -2.38. The minimum Gasteiger partial charge on any atom is -0.443 e. The molecule has 0 fully saturated rings. The van der Waals surface area contributed by atoms with Gasteiger partial charge in [-0.1, -0.05) is 19.1 Å². The third-order valence-electron chi connectivity index (χ3n) is 3.51. The van der Waals surface area contributed by atoms with Gasteiger partial charge >= 0.3 is 6.09 Å². The van der Waals surface area contributed by atoms with Crippen molar-refractivity contribution in [1.29, 1.82) is 0 Å². The van der Waals surface area contributed by atoms with E-state index in [1.165, 1.54) is 4.90 Å². The molecular formula is C17H23NO3. The summed E-state index contributed by atoms with van der Waals surface area (Å²) in [5, 5.41) is 10.7. The van der Waals surface area contributed by atoms with Crippen LogP contribution >= 0.6 is 0 Å². The van der Waals surface area contributed by atoms with Crippen molar-refractivity contribution < 1.29 is 14.6 Å². The van der Waals surface area contributed by atoms with E-state index in [1.54, 1.807) is 12.3 Å². The third kappa shape index (κ3) is 3.10. The van der Waals surface area contributed by atoms with Crippen LogP contribution in [0.5, 0.6) is 0 Å². The van der Waals surface area contributed by atoms with Gasteiger partial charge in [0.2, 0.25) is 0 Å². The van der Waals surface area contributed by atoms with Crippen LogP contribution in [0.15, 0.2) is 30.5 Å². The van der Waals surface area contributed by atoms with E-state index in [4.69, 9.17) is 4.74 Å². The van der Waals surface area contributed by atoms with Gasteiger partial charge in [0.15, 0.2) is 0 Å². The first kappa shape index (κ1) is 15.6. The zero-order valence-corrected chi connectivity index (χ0v) is 13.3. The molecule has 0 bridgehead atoms. The Morgan fingerprint density at radius 3 is 2.62 bits per heavy atom. The molecule has 0 aromatic heterocycles. The Balaban J connectivity index is 2.46. The summed E-state index contributed by atoms with van der Waals surface area (Å²) >= 11 is 0. The molecule has 4 heteroatoms. The van der Waals surface area contributed by atoms with Crippen molar-refractivity contribution >= 4 is 11.8 Å². The fourth-order valence-corrected chi connectivity index (χ4v) is 2.35. The summed E-state index contributed by atoms with van der Waals surface area (Å²) in [5.74, 6) is 0. The maximum Gasteiger partial charge on any atom is 0.418 e. The molecule has 1 atom stereocenters. The molecule has 1 heterocycles. The van der Waals surface area contributed by atoms with Gasteiger partial charge in [-0.3, -0.25) is 4.90 Å². The van der Waals surface area contributed by atoms with E-state index in [9.17, 15) is 9.90 Å². The van der Waals surface area contributed by atoms with Gasteiger partial charge in [0, 0.05) is 11.8 Å². The number of hydrogen-bond donors (Lipinski definition) is 1. The van der Waals surface area contributed by atoms with Gasteiger partial charge in [-0.15, -0.1) is 0 Å². The first-order valence-electron chi connectivity index (χ1n) is 7.21. The summed E-state index contributed by atoms with van der Waals surface area (Å²) < 4.78 is 5.43. The molecule has 0 saturated heterocycles. The van der Waals surface area contributed by atoms with E-state index in [1.807, 2.05) is 52.8 Å². The normalized spacial score (nSPS) is 21.1. The highest BCUT2D eigenvalue weighted by molar-refractivity contribution is 5.92. The third-order valence-corrected chi connectivity index (χ3v) is 3.51. The van der Waals surface area contributed by atoms with Crippen LogP contribution in [0.3, 0.4) is 0 Å². The number of carbonyl (C=O) groups excluding carboxylic acids is 1. The number of aliphatic hydroxyl groups is 1. The number of ether oxygens (including phenoxy) is 1. The average Bonchev–Trinajstić information content (AvgIpc) is 2.36. The van der Waals surface area contributed by atoms with E-state index in [0.717, 1.165) is 11.1 Å². The summed E-state index contributed by atoms with van der Waals surface area (Å²) in [5.41, 5.74) is 0.825. The smallest absolute Gasteiger partial charge is 0.418 e. The van der Waals surface area contributed by atoms with Crippen LogP contribution in [0, 0.1) is 6.92 Å². The van der Waals surface area contributed by atoms with E-state index < -0.39 is 17.3 Å². The lowest BCUT2D eigenvalue weighted by atomic mass is 9.86. The highest BCUT2D eigenvalue weighted by Gasteiger charge is 2.35. The Kier molecular flexibility index (Phi) is 3.85. The molecule has 1 aromatic carbocycles. The summed E-state index contributed by atoms with van der Waals surface area (Å²) in [6.07, 6.45) is 3.35. The number of amides is 1. The van der Waals surface area contributed by atoms with Crippen molar-refractivity contribution in [2.75, 3.05) is 4.90 Å². The molecule has 0 radical (unpaired) electrons. The average molecular weight is 289 g/mol. The van der Waals surface area contributed by atoms with Gasteiger partial charge in [-0.25, -0.2) is 4.79 Å². The molecule has 0 saturated carbocycles. The molecule has 1 N–H and O–H groups in total. The van der Waals surface area contributed by atoms with Crippen molar-refractivity contribution in [3.63, 3.8) is 0 Å². The minimum absolute atomic E-state index is 0.441. The van der Waals surface area contributed by atoms with Gasteiger partial charge in [0.1, 0.15) is 11.2 Å². The van der Waals surface area contributed by atoms with Gasteiger partial charge in [-0.2, -0.15) is 0 Å². The van der Waals surface area contributed by atoms with Gasteiger partial charge in [0.25, 0.3) is 0 Å². The summed E-state index contributed by atoms with van der Waals surface area (Å²) in [6, 6.07) is 5.70. The quantitative estimate of drug-likeness (QED) is 0.854. The number of hydrogen-bond acceptors (Lipinski definition) is 3. The number of fused-ring (bicyclic) bond motifs is 1. The number of aryl methyl sites for hydroxylation is 1. The number of carbonyl (C=O) groups is 1. The van der Waals surface area contributed by atoms with Crippen molar-refractivity contribution in [3.8, 4) is 0 Å². The number of anilines is 1. The van der Waals surface area contributed by atoms with Crippen LogP contribution in [0.25, 0.3) is 0 Å². The molecule has 1 unspecified atom stereocenters. The summed E-state index contributed by atoms with van der Waals surface area (Å²) in [7, 11) is 0. The Morgan fingerprint density at radius 1 is 1.38 bits per heavy atom. The summed E-state index contributed by atoms with van der Waals surface area (Å²) in [4.78, 5) is 13.8. The van der Waals surface area contributed by atoms with Crippen LogP contribution in [-0.4, -0.2) is 16.8 Å². The number of benzene rings is 1. The van der Waals surface area contributed by atoms with Gasteiger partial charge in [-0.05, 0) is 51.8 Å². The van der Waals surface area contributed by atoms with Crippen LogP contribution in [0.2, 0.25) is 0 Å². The fraction of sp³-hybridized carbons (Fsp3) is 0.471.